The van der Waals surface area contributed by atoms with Crippen LogP contribution in [0.15, 0.2) is 24.3 Å². The highest BCUT2D eigenvalue weighted by Crippen LogP contribution is 2.14. The van der Waals surface area contributed by atoms with Crippen LogP contribution in [0.4, 0.5) is 0 Å². The van der Waals surface area contributed by atoms with E-state index in [0.29, 0.717) is 6.61 Å². The molecule has 0 heterocycles. The molecule has 3 heteroatoms. The Kier molecular flexibility index (Phi) is 4.77. The van der Waals surface area contributed by atoms with Crippen molar-refractivity contribution in [3.63, 3.8) is 0 Å². The average molecular weight is 224 g/mol. The van der Waals surface area contributed by atoms with E-state index in [-0.39, 0.29) is 0 Å². The van der Waals surface area contributed by atoms with Gasteiger partial charge in [0.15, 0.2) is 0 Å². The van der Waals surface area contributed by atoms with Crippen molar-refractivity contribution in [1.82, 2.24) is 0 Å². The summed E-state index contributed by atoms with van der Waals surface area (Å²) < 4.78 is 10.5. The van der Waals surface area contributed by atoms with Crippen LogP contribution in [0, 0.1) is 0 Å². The Morgan fingerprint density at radius 3 is 2.31 bits per heavy atom. The van der Waals surface area contributed by atoms with E-state index >= 15 is 0 Å². The summed E-state index contributed by atoms with van der Waals surface area (Å²) >= 11 is 0. The Morgan fingerprint density at radius 2 is 1.81 bits per heavy atom. The van der Waals surface area contributed by atoms with Gasteiger partial charge in [-0.2, -0.15) is 0 Å². The predicted octanol–water partition coefficient (Wildman–Crippen LogP) is 2.03. The van der Waals surface area contributed by atoms with Gasteiger partial charge in [0.05, 0.1) is 12.2 Å². The van der Waals surface area contributed by atoms with Gasteiger partial charge in [-0.05, 0) is 38.0 Å². The van der Waals surface area contributed by atoms with Gasteiger partial charge in [0, 0.05) is 7.11 Å². The maximum atomic E-state index is 9.51. The van der Waals surface area contributed by atoms with Crippen molar-refractivity contribution >= 4 is 0 Å². The molecule has 1 aromatic carbocycles. The van der Waals surface area contributed by atoms with Crippen molar-refractivity contribution in [2.75, 3.05) is 20.3 Å². The second-order valence-corrected chi connectivity index (χ2v) is 4.49. The van der Waals surface area contributed by atoms with Gasteiger partial charge in [-0.25, -0.2) is 0 Å². The Labute approximate surface area is 97.0 Å². The number of rotatable bonds is 6. The van der Waals surface area contributed by atoms with Crippen LogP contribution in [0.1, 0.15) is 19.4 Å². The summed E-state index contributed by atoms with van der Waals surface area (Å²) in [5.41, 5.74) is 0.423. The monoisotopic (exact) mass is 224 g/mol. The molecule has 1 rings (SSSR count). The van der Waals surface area contributed by atoms with Crippen LogP contribution in [0.3, 0.4) is 0 Å². The van der Waals surface area contributed by atoms with Crippen molar-refractivity contribution in [3.8, 4) is 5.75 Å². The zero-order valence-electron chi connectivity index (χ0n) is 10.2. The molecule has 0 radical (unpaired) electrons. The fourth-order valence-corrected chi connectivity index (χ4v) is 1.23. The molecule has 0 aliphatic rings. The number of aliphatic hydroxyl groups is 1. The maximum Gasteiger partial charge on any atom is 0.119 e. The molecule has 1 N–H and O–H groups in total. The minimum atomic E-state index is -0.797. The fourth-order valence-electron chi connectivity index (χ4n) is 1.23. The van der Waals surface area contributed by atoms with Crippen LogP contribution in [0.2, 0.25) is 0 Å². The first-order valence-electron chi connectivity index (χ1n) is 5.44. The third kappa shape index (κ3) is 5.14. The molecular formula is C13H20O3. The molecule has 0 aliphatic carbocycles. The highest BCUT2D eigenvalue weighted by atomic mass is 16.5. The van der Waals surface area contributed by atoms with Gasteiger partial charge < -0.3 is 14.6 Å². The average Bonchev–Trinajstić information content (AvgIpc) is 2.24. The molecular weight excluding hydrogens is 204 g/mol. The molecule has 0 amide bonds. The van der Waals surface area contributed by atoms with Gasteiger partial charge in [0.25, 0.3) is 0 Å². The largest absolute Gasteiger partial charge is 0.491 e. The summed E-state index contributed by atoms with van der Waals surface area (Å²) in [6.07, 6.45) is 0.905. The highest BCUT2D eigenvalue weighted by Gasteiger charge is 2.12. The van der Waals surface area contributed by atoms with E-state index in [1.807, 2.05) is 24.3 Å². The SMILES string of the molecule is COCCc1ccc(OCC(C)(C)O)cc1. The van der Waals surface area contributed by atoms with Gasteiger partial charge in [-0.15, -0.1) is 0 Å². The number of hydrogen-bond acceptors (Lipinski definition) is 3. The lowest BCUT2D eigenvalue weighted by Gasteiger charge is -2.17. The molecule has 0 atom stereocenters. The van der Waals surface area contributed by atoms with Gasteiger partial charge in [-0.3, -0.25) is 0 Å². The molecule has 90 valence electrons. The molecule has 0 saturated carbocycles. The van der Waals surface area contributed by atoms with Crippen LogP contribution in [0.25, 0.3) is 0 Å². The molecule has 0 aromatic heterocycles. The number of methoxy groups -OCH3 is 1. The Bertz CT molecular complexity index is 298. The minimum Gasteiger partial charge on any atom is -0.491 e. The second kappa shape index (κ2) is 5.87. The maximum absolute atomic E-state index is 9.51. The molecule has 0 aliphatic heterocycles. The normalized spacial score (nSPS) is 11.5. The smallest absolute Gasteiger partial charge is 0.119 e. The lowest BCUT2D eigenvalue weighted by molar-refractivity contribution is 0.0285. The lowest BCUT2D eigenvalue weighted by Crippen LogP contribution is -2.27. The molecule has 0 saturated heterocycles. The van der Waals surface area contributed by atoms with E-state index in [9.17, 15) is 5.11 Å². The topological polar surface area (TPSA) is 38.7 Å². The molecule has 0 fully saturated rings. The zero-order chi connectivity index (χ0) is 12.0. The quantitative estimate of drug-likeness (QED) is 0.803. The van der Waals surface area contributed by atoms with Gasteiger partial charge in [0.1, 0.15) is 12.4 Å². The third-order valence-corrected chi connectivity index (χ3v) is 2.11. The summed E-state index contributed by atoms with van der Waals surface area (Å²) in [7, 11) is 1.70. The highest BCUT2D eigenvalue weighted by molar-refractivity contribution is 5.27. The summed E-state index contributed by atoms with van der Waals surface area (Å²) in [5.74, 6) is 0.781. The van der Waals surface area contributed by atoms with Gasteiger partial charge in [0.2, 0.25) is 0 Å². The zero-order valence-corrected chi connectivity index (χ0v) is 10.2. The van der Waals surface area contributed by atoms with Crippen LogP contribution in [-0.4, -0.2) is 31.0 Å². The molecule has 1 aromatic rings. The van der Waals surface area contributed by atoms with Crippen molar-refractivity contribution in [2.45, 2.75) is 25.9 Å². The summed E-state index contributed by atoms with van der Waals surface area (Å²) in [6, 6.07) is 7.85. The number of benzene rings is 1. The van der Waals surface area contributed by atoms with Crippen molar-refractivity contribution in [1.29, 1.82) is 0 Å². The fraction of sp³-hybridized carbons (Fsp3) is 0.538. The Balaban J connectivity index is 2.45. The van der Waals surface area contributed by atoms with Crippen molar-refractivity contribution < 1.29 is 14.6 Å². The van der Waals surface area contributed by atoms with Crippen LogP contribution in [0.5, 0.6) is 5.75 Å². The lowest BCUT2D eigenvalue weighted by atomic mass is 10.1. The van der Waals surface area contributed by atoms with Crippen LogP contribution in [-0.2, 0) is 11.2 Å². The van der Waals surface area contributed by atoms with E-state index in [2.05, 4.69) is 0 Å². The summed E-state index contributed by atoms with van der Waals surface area (Å²) in [6.45, 7) is 4.47. The second-order valence-electron chi connectivity index (χ2n) is 4.49. The molecule has 0 unspecified atom stereocenters. The third-order valence-electron chi connectivity index (χ3n) is 2.11. The molecule has 0 bridgehead atoms. The van der Waals surface area contributed by atoms with Gasteiger partial charge in [-0.1, -0.05) is 12.1 Å². The predicted molar refractivity (Wildman–Crippen MR) is 63.8 cm³/mol. The van der Waals surface area contributed by atoms with Crippen LogP contribution >= 0.6 is 0 Å². The summed E-state index contributed by atoms with van der Waals surface area (Å²) in [4.78, 5) is 0. The van der Waals surface area contributed by atoms with E-state index in [0.717, 1.165) is 18.8 Å². The Hall–Kier alpha value is -1.06. The van der Waals surface area contributed by atoms with Crippen molar-refractivity contribution in [3.05, 3.63) is 29.8 Å². The van der Waals surface area contributed by atoms with E-state index in [1.165, 1.54) is 5.56 Å². The summed E-state index contributed by atoms with van der Waals surface area (Å²) in [5, 5.41) is 9.51. The van der Waals surface area contributed by atoms with E-state index in [1.54, 1.807) is 21.0 Å². The van der Waals surface area contributed by atoms with Gasteiger partial charge >= 0.3 is 0 Å². The molecule has 3 nitrogen and oxygen atoms in total. The minimum absolute atomic E-state index is 0.296. The van der Waals surface area contributed by atoms with Crippen molar-refractivity contribution in [2.24, 2.45) is 0 Å². The number of hydrogen-bond donors (Lipinski definition) is 1. The van der Waals surface area contributed by atoms with E-state index in [4.69, 9.17) is 9.47 Å². The first kappa shape index (κ1) is 13.0. The first-order valence-corrected chi connectivity index (χ1v) is 5.44. The molecule has 16 heavy (non-hydrogen) atoms. The first-order chi connectivity index (χ1) is 7.51. The van der Waals surface area contributed by atoms with Crippen LogP contribution < -0.4 is 4.74 Å². The van der Waals surface area contributed by atoms with E-state index < -0.39 is 5.60 Å². The number of ether oxygens (including phenoxy) is 2. The standard InChI is InChI=1S/C13H20O3/c1-13(2,14)10-16-12-6-4-11(5-7-12)8-9-15-3/h4-7,14H,8-10H2,1-3H3. The molecule has 0 spiro atoms. The Morgan fingerprint density at radius 1 is 1.19 bits per heavy atom.